The van der Waals surface area contributed by atoms with Crippen LogP contribution in [0.25, 0.3) is 0 Å². The molecule has 3 nitrogen and oxygen atoms in total. The molecule has 0 radical (unpaired) electrons. The van der Waals surface area contributed by atoms with Crippen LogP contribution in [-0.4, -0.2) is 26.8 Å². The van der Waals surface area contributed by atoms with Gasteiger partial charge in [-0.15, -0.1) is 44.7 Å². The fourth-order valence-corrected chi connectivity index (χ4v) is 5.15. The molecule has 0 unspecified atom stereocenters. The molecule has 2 aromatic heterocycles. The van der Waals surface area contributed by atoms with Gasteiger partial charge in [-0.1, -0.05) is 29.2 Å². The molecular formula is C12H13Cl2N3S3. The van der Waals surface area contributed by atoms with Crippen LogP contribution >= 0.6 is 57.6 Å². The predicted molar refractivity (Wildman–Crippen MR) is 89.7 cm³/mol. The van der Waals surface area contributed by atoms with E-state index >= 15 is 0 Å². The maximum absolute atomic E-state index is 6.00. The maximum atomic E-state index is 6.00. The summed E-state index contributed by atoms with van der Waals surface area (Å²) < 4.78 is 0.471. The van der Waals surface area contributed by atoms with Crippen molar-refractivity contribution in [2.24, 2.45) is 5.92 Å². The van der Waals surface area contributed by atoms with E-state index in [1.807, 2.05) is 0 Å². The van der Waals surface area contributed by atoms with E-state index in [4.69, 9.17) is 23.2 Å². The summed E-state index contributed by atoms with van der Waals surface area (Å²) in [6.07, 6.45) is 1.90. The van der Waals surface area contributed by atoms with Crippen LogP contribution in [0.4, 0.5) is 5.13 Å². The van der Waals surface area contributed by atoms with Crippen LogP contribution in [0, 0.1) is 5.92 Å². The first kappa shape index (κ1) is 14.9. The van der Waals surface area contributed by atoms with E-state index in [2.05, 4.69) is 33.0 Å². The summed E-state index contributed by atoms with van der Waals surface area (Å²) in [5.74, 6) is 1.30. The molecule has 1 fully saturated rings. The first-order valence-corrected chi connectivity index (χ1v) is 9.67. The van der Waals surface area contributed by atoms with Crippen LogP contribution in [0.15, 0.2) is 21.9 Å². The minimum absolute atomic E-state index is 0.384. The van der Waals surface area contributed by atoms with Crippen molar-refractivity contribution < 1.29 is 0 Å². The summed E-state index contributed by atoms with van der Waals surface area (Å²) in [4.78, 5) is 1.38. The standard InChI is InChI=1S/C12H13Cl2N3S3/c13-12(14)6-8(12)7-19-11-17-16-10(20-11)15-4-3-9-2-1-5-18-9/h1-2,5,8H,3-4,6-7H2,(H,15,16)/t8-/m1/s1. The van der Waals surface area contributed by atoms with Crippen LogP contribution in [0.5, 0.6) is 0 Å². The number of nitrogens with one attached hydrogen (secondary N) is 1. The van der Waals surface area contributed by atoms with Gasteiger partial charge in [-0.05, 0) is 24.3 Å². The minimum Gasteiger partial charge on any atom is -0.360 e. The number of halogens is 2. The lowest BCUT2D eigenvalue weighted by Crippen LogP contribution is -2.03. The lowest BCUT2D eigenvalue weighted by molar-refractivity contribution is 0.961. The van der Waals surface area contributed by atoms with E-state index in [0.717, 1.165) is 34.6 Å². The molecule has 3 rings (SSSR count). The number of thiophene rings is 1. The van der Waals surface area contributed by atoms with Crippen LogP contribution in [0.3, 0.4) is 0 Å². The van der Waals surface area contributed by atoms with Crippen molar-refractivity contribution in [3.63, 3.8) is 0 Å². The number of rotatable bonds is 7. The van der Waals surface area contributed by atoms with Gasteiger partial charge in [0.2, 0.25) is 5.13 Å². The summed E-state index contributed by atoms with van der Waals surface area (Å²) >= 11 is 17.1. The number of hydrogen-bond acceptors (Lipinski definition) is 6. The number of hydrogen-bond donors (Lipinski definition) is 1. The van der Waals surface area contributed by atoms with Crippen LogP contribution in [0.1, 0.15) is 11.3 Å². The van der Waals surface area contributed by atoms with Crippen molar-refractivity contribution in [1.29, 1.82) is 0 Å². The van der Waals surface area contributed by atoms with Gasteiger partial charge in [-0.2, -0.15) is 0 Å². The lowest BCUT2D eigenvalue weighted by atomic mass is 10.3. The number of nitrogens with zero attached hydrogens (tertiary/aromatic N) is 2. The summed E-state index contributed by atoms with van der Waals surface area (Å²) in [6.45, 7) is 0.884. The average molecular weight is 366 g/mol. The van der Waals surface area contributed by atoms with Crippen molar-refractivity contribution >= 4 is 62.8 Å². The Morgan fingerprint density at radius 2 is 2.30 bits per heavy atom. The molecule has 0 bridgehead atoms. The summed E-state index contributed by atoms with van der Waals surface area (Å²) in [5, 5.41) is 14.6. The van der Waals surface area contributed by atoms with Gasteiger partial charge in [0, 0.05) is 23.1 Å². The average Bonchev–Trinajstić information content (AvgIpc) is 2.85. The molecule has 20 heavy (non-hydrogen) atoms. The molecule has 1 N–H and O–H groups in total. The monoisotopic (exact) mass is 365 g/mol. The highest BCUT2D eigenvalue weighted by Gasteiger charge is 2.51. The second-order valence-corrected chi connectivity index (χ2v) is 9.42. The quantitative estimate of drug-likeness (QED) is 0.577. The van der Waals surface area contributed by atoms with Gasteiger partial charge < -0.3 is 5.32 Å². The van der Waals surface area contributed by atoms with Crippen molar-refractivity contribution in [2.75, 3.05) is 17.6 Å². The molecule has 1 atom stereocenters. The van der Waals surface area contributed by atoms with Gasteiger partial charge in [0.15, 0.2) is 4.34 Å². The van der Waals surface area contributed by atoms with Crippen LogP contribution in [-0.2, 0) is 6.42 Å². The summed E-state index contributed by atoms with van der Waals surface area (Å²) in [7, 11) is 0. The second kappa shape index (κ2) is 6.40. The third-order valence-corrected chi connectivity index (χ3v) is 7.04. The molecule has 8 heteroatoms. The SMILES string of the molecule is ClC1(Cl)C[C@@H]1CSc1nnc(NCCc2cccs2)s1. The van der Waals surface area contributed by atoms with Crippen molar-refractivity contribution in [2.45, 2.75) is 21.5 Å². The zero-order chi connectivity index (χ0) is 14.0. The number of thioether (sulfide) groups is 1. The molecular weight excluding hydrogens is 353 g/mol. The lowest BCUT2D eigenvalue weighted by Gasteiger charge is -1.99. The van der Waals surface area contributed by atoms with Crippen molar-refractivity contribution in [3.05, 3.63) is 22.4 Å². The largest absolute Gasteiger partial charge is 0.360 e. The Balaban J connectivity index is 1.40. The van der Waals surface area contributed by atoms with Crippen LogP contribution < -0.4 is 5.32 Å². The molecule has 0 aliphatic heterocycles. The third kappa shape index (κ3) is 4.01. The van der Waals surface area contributed by atoms with E-state index < -0.39 is 4.33 Å². The van der Waals surface area contributed by atoms with Gasteiger partial charge >= 0.3 is 0 Å². The van der Waals surface area contributed by atoms with E-state index in [9.17, 15) is 0 Å². The Kier molecular flexibility index (Phi) is 4.77. The minimum atomic E-state index is -0.501. The molecule has 0 aromatic carbocycles. The Bertz CT molecular complexity index is 556. The van der Waals surface area contributed by atoms with Gasteiger partial charge in [0.05, 0.1) is 0 Å². The molecule has 2 heterocycles. The van der Waals surface area contributed by atoms with E-state index in [0.29, 0.717) is 5.92 Å². The molecule has 0 amide bonds. The maximum Gasteiger partial charge on any atom is 0.206 e. The summed E-state index contributed by atoms with van der Waals surface area (Å²) in [5.41, 5.74) is 0. The van der Waals surface area contributed by atoms with Crippen molar-refractivity contribution in [3.8, 4) is 0 Å². The fraction of sp³-hybridized carbons (Fsp3) is 0.500. The highest BCUT2D eigenvalue weighted by Crippen LogP contribution is 2.54. The smallest absolute Gasteiger partial charge is 0.206 e. The van der Waals surface area contributed by atoms with Gasteiger partial charge in [-0.3, -0.25) is 0 Å². The van der Waals surface area contributed by atoms with E-state index in [-0.39, 0.29) is 0 Å². The molecule has 1 aliphatic carbocycles. The number of anilines is 1. The van der Waals surface area contributed by atoms with Gasteiger partial charge in [-0.25, -0.2) is 0 Å². The first-order valence-electron chi connectivity index (χ1n) is 6.24. The first-order chi connectivity index (χ1) is 9.63. The second-order valence-electron chi connectivity index (χ2n) is 4.60. The van der Waals surface area contributed by atoms with Crippen LogP contribution in [0.2, 0.25) is 0 Å². The molecule has 0 saturated heterocycles. The molecule has 2 aromatic rings. The van der Waals surface area contributed by atoms with Gasteiger partial charge in [0.25, 0.3) is 0 Å². The van der Waals surface area contributed by atoms with Gasteiger partial charge in [0.1, 0.15) is 4.33 Å². The Hall–Kier alpha value is -0.0100. The number of alkyl halides is 2. The highest BCUT2D eigenvalue weighted by molar-refractivity contribution is 8.01. The highest BCUT2D eigenvalue weighted by atomic mass is 35.5. The van der Waals surface area contributed by atoms with E-state index in [1.165, 1.54) is 4.88 Å². The van der Waals surface area contributed by atoms with E-state index in [1.54, 1.807) is 34.4 Å². The molecule has 0 spiro atoms. The Morgan fingerprint density at radius 1 is 1.45 bits per heavy atom. The third-order valence-electron chi connectivity index (χ3n) is 3.00. The van der Waals surface area contributed by atoms with Crippen molar-refractivity contribution in [1.82, 2.24) is 10.2 Å². The molecule has 1 aliphatic rings. The Labute approximate surface area is 140 Å². The fourth-order valence-electron chi connectivity index (χ4n) is 1.71. The Morgan fingerprint density at radius 3 is 3.00 bits per heavy atom. The predicted octanol–water partition coefficient (Wildman–Crippen LogP) is 4.54. The molecule has 1 saturated carbocycles. The normalized spacial score (nSPS) is 20.0. The zero-order valence-electron chi connectivity index (χ0n) is 10.5. The number of aromatic nitrogens is 2. The topological polar surface area (TPSA) is 37.8 Å². The molecule has 108 valence electrons. The summed E-state index contributed by atoms with van der Waals surface area (Å²) in [6, 6.07) is 4.22. The zero-order valence-corrected chi connectivity index (χ0v) is 14.5.